The quantitative estimate of drug-likeness (QED) is 0.814. The Bertz CT molecular complexity index is 289. The zero-order valence-electron chi connectivity index (χ0n) is 8.66. The van der Waals surface area contributed by atoms with Crippen molar-refractivity contribution < 1.29 is 5.11 Å². The van der Waals surface area contributed by atoms with E-state index in [0.717, 1.165) is 24.0 Å². The number of nitrogens with two attached hydrogens (primary N) is 1. The number of halogens is 1. The monoisotopic (exact) mass is 215 g/mol. The van der Waals surface area contributed by atoms with Crippen LogP contribution >= 0.6 is 12.4 Å². The van der Waals surface area contributed by atoms with E-state index in [1.165, 1.54) is 0 Å². The maximum Gasteiger partial charge on any atom is 0.121 e. The number of para-hydroxylation sites is 1. The predicted molar refractivity (Wildman–Crippen MR) is 62.1 cm³/mol. The Morgan fingerprint density at radius 1 is 1.43 bits per heavy atom. The Morgan fingerprint density at radius 2 is 2.07 bits per heavy atom. The van der Waals surface area contributed by atoms with Crippen LogP contribution in [0.3, 0.4) is 0 Å². The van der Waals surface area contributed by atoms with E-state index in [0.29, 0.717) is 5.75 Å². The van der Waals surface area contributed by atoms with Crippen LogP contribution in [0, 0.1) is 6.92 Å². The molecule has 0 saturated carbocycles. The fraction of sp³-hybridized carbons (Fsp3) is 0.455. The number of hydrogen-bond donors (Lipinski definition) is 2. The number of benzene rings is 1. The Kier molecular flexibility index (Phi) is 5.58. The van der Waals surface area contributed by atoms with Gasteiger partial charge in [-0.1, -0.05) is 25.1 Å². The molecule has 1 aromatic rings. The van der Waals surface area contributed by atoms with Crippen molar-refractivity contribution in [1.29, 1.82) is 0 Å². The fourth-order valence-electron chi connectivity index (χ4n) is 1.31. The summed E-state index contributed by atoms with van der Waals surface area (Å²) in [4.78, 5) is 0. The van der Waals surface area contributed by atoms with Gasteiger partial charge in [0.2, 0.25) is 0 Å². The van der Waals surface area contributed by atoms with Gasteiger partial charge in [0.25, 0.3) is 0 Å². The van der Waals surface area contributed by atoms with E-state index >= 15 is 0 Å². The number of phenolic OH excluding ortho intramolecular Hbond substituents is 1. The van der Waals surface area contributed by atoms with Gasteiger partial charge in [-0.15, -0.1) is 12.4 Å². The van der Waals surface area contributed by atoms with Crippen molar-refractivity contribution >= 4 is 12.4 Å². The molecule has 0 aliphatic rings. The van der Waals surface area contributed by atoms with E-state index in [9.17, 15) is 5.11 Å². The summed E-state index contributed by atoms with van der Waals surface area (Å²) in [5, 5.41) is 9.69. The second-order valence-corrected chi connectivity index (χ2v) is 3.46. The van der Waals surface area contributed by atoms with Crippen LogP contribution in [0.5, 0.6) is 5.75 Å². The van der Waals surface area contributed by atoms with E-state index in [4.69, 9.17) is 5.73 Å². The van der Waals surface area contributed by atoms with Gasteiger partial charge >= 0.3 is 0 Å². The summed E-state index contributed by atoms with van der Waals surface area (Å²) in [6, 6.07) is 5.92. The molecule has 0 aliphatic carbocycles. The third-order valence-electron chi connectivity index (χ3n) is 2.33. The summed E-state index contributed by atoms with van der Waals surface area (Å²) in [6.45, 7) is 3.95. The number of aryl methyl sites for hydroxylation is 1. The molecule has 80 valence electrons. The first-order chi connectivity index (χ1) is 6.15. The molecule has 0 heterocycles. The highest BCUT2D eigenvalue weighted by molar-refractivity contribution is 5.85. The van der Waals surface area contributed by atoms with Gasteiger partial charge in [-0.2, -0.15) is 0 Å². The zero-order chi connectivity index (χ0) is 9.84. The van der Waals surface area contributed by atoms with Gasteiger partial charge in [0, 0.05) is 6.04 Å². The Labute approximate surface area is 91.5 Å². The maximum absolute atomic E-state index is 9.69. The molecule has 0 bridgehead atoms. The second-order valence-electron chi connectivity index (χ2n) is 3.46. The molecule has 0 amide bonds. The minimum absolute atomic E-state index is 0. The van der Waals surface area contributed by atoms with Gasteiger partial charge in [0.05, 0.1) is 0 Å². The molecule has 1 unspecified atom stereocenters. The molecule has 0 aromatic heterocycles. The third kappa shape index (κ3) is 3.20. The average Bonchev–Trinajstić information content (AvgIpc) is 2.13. The molecule has 0 spiro atoms. The summed E-state index contributed by atoms with van der Waals surface area (Å²) in [6.07, 6.45) is 1.69. The molecule has 0 saturated heterocycles. The summed E-state index contributed by atoms with van der Waals surface area (Å²) < 4.78 is 0. The Morgan fingerprint density at radius 3 is 2.64 bits per heavy atom. The highest BCUT2D eigenvalue weighted by atomic mass is 35.5. The van der Waals surface area contributed by atoms with Gasteiger partial charge in [-0.3, -0.25) is 0 Å². The highest BCUT2D eigenvalue weighted by Gasteiger charge is 2.06. The van der Waals surface area contributed by atoms with Gasteiger partial charge in [0.1, 0.15) is 5.75 Å². The summed E-state index contributed by atoms with van der Waals surface area (Å²) in [5.41, 5.74) is 7.68. The van der Waals surface area contributed by atoms with Gasteiger partial charge in [-0.05, 0) is 30.9 Å². The molecule has 0 aliphatic heterocycles. The van der Waals surface area contributed by atoms with Crippen molar-refractivity contribution in [3.8, 4) is 5.75 Å². The number of rotatable bonds is 3. The van der Waals surface area contributed by atoms with E-state index in [2.05, 4.69) is 6.92 Å². The van der Waals surface area contributed by atoms with E-state index in [1.807, 2.05) is 25.1 Å². The van der Waals surface area contributed by atoms with Gasteiger partial charge in [-0.25, -0.2) is 0 Å². The molecule has 1 aromatic carbocycles. The predicted octanol–water partition coefficient (Wildman–Crippen LogP) is 2.40. The lowest BCUT2D eigenvalue weighted by atomic mass is 10.0. The van der Waals surface area contributed by atoms with Gasteiger partial charge < -0.3 is 10.8 Å². The van der Waals surface area contributed by atoms with Crippen molar-refractivity contribution in [3.05, 3.63) is 29.3 Å². The fourth-order valence-corrected chi connectivity index (χ4v) is 1.31. The Balaban J connectivity index is 0.00000169. The number of aromatic hydroxyl groups is 1. The van der Waals surface area contributed by atoms with Crippen LogP contribution in [-0.2, 0) is 6.42 Å². The first-order valence-electron chi connectivity index (χ1n) is 4.68. The van der Waals surface area contributed by atoms with E-state index < -0.39 is 0 Å². The average molecular weight is 216 g/mol. The van der Waals surface area contributed by atoms with Crippen molar-refractivity contribution in [2.75, 3.05) is 0 Å². The maximum atomic E-state index is 9.69. The minimum Gasteiger partial charge on any atom is -0.507 e. The van der Waals surface area contributed by atoms with Crippen molar-refractivity contribution in [1.82, 2.24) is 0 Å². The van der Waals surface area contributed by atoms with Crippen LogP contribution in [0.15, 0.2) is 18.2 Å². The minimum atomic E-state index is 0. The lowest BCUT2D eigenvalue weighted by Crippen LogP contribution is -2.21. The summed E-state index contributed by atoms with van der Waals surface area (Å²) in [5.74, 6) is 0.395. The van der Waals surface area contributed by atoms with Crippen LogP contribution in [0.4, 0.5) is 0 Å². The lowest BCUT2D eigenvalue weighted by molar-refractivity contribution is 0.460. The van der Waals surface area contributed by atoms with Gasteiger partial charge in [0.15, 0.2) is 0 Å². The topological polar surface area (TPSA) is 46.2 Å². The molecule has 3 heteroatoms. The normalized spacial score (nSPS) is 11.9. The lowest BCUT2D eigenvalue weighted by Gasteiger charge is -2.11. The molecule has 3 N–H and O–H groups in total. The number of phenols is 1. The van der Waals surface area contributed by atoms with Crippen LogP contribution in [0.25, 0.3) is 0 Å². The van der Waals surface area contributed by atoms with Crippen LogP contribution in [0.1, 0.15) is 24.5 Å². The molecule has 0 radical (unpaired) electrons. The van der Waals surface area contributed by atoms with E-state index in [1.54, 1.807) is 0 Å². The smallest absolute Gasteiger partial charge is 0.121 e. The summed E-state index contributed by atoms with van der Waals surface area (Å²) >= 11 is 0. The zero-order valence-corrected chi connectivity index (χ0v) is 9.47. The van der Waals surface area contributed by atoms with Crippen LogP contribution in [-0.4, -0.2) is 11.1 Å². The van der Waals surface area contributed by atoms with Crippen LogP contribution in [0.2, 0.25) is 0 Å². The SMILES string of the molecule is CCC(N)Cc1cccc(C)c1O.Cl. The largest absolute Gasteiger partial charge is 0.507 e. The first kappa shape index (κ1) is 13.3. The summed E-state index contributed by atoms with van der Waals surface area (Å²) in [7, 11) is 0. The molecule has 14 heavy (non-hydrogen) atoms. The molecular formula is C11H18ClNO. The number of hydrogen-bond acceptors (Lipinski definition) is 2. The van der Waals surface area contributed by atoms with Crippen molar-refractivity contribution in [2.45, 2.75) is 32.7 Å². The second kappa shape index (κ2) is 5.89. The molecular weight excluding hydrogens is 198 g/mol. The van der Waals surface area contributed by atoms with Crippen molar-refractivity contribution in [3.63, 3.8) is 0 Å². The standard InChI is InChI=1S/C11H17NO.ClH/c1-3-10(12)7-9-6-4-5-8(2)11(9)13;/h4-6,10,13H,3,7,12H2,1-2H3;1H. The van der Waals surface area contributed by atoms with E-state index in [-0.39, 0.29) is 18.4 Å². The molecule has 0 fully saturated rings. The molecule has 1 rings (SSSR count). The van der Waals surface area contributed by atoms with Crippen LogP contribution < -0.4 is 5.73 Å². The first-order valence-corrected chi connectivity index (χ1v) is 4.68. The Hall–Kier alpha value is -0.730. The van der Waals surface area contributed by atoms with Crippen molar-refractivity contribution in [2.24, 2.45) is 5.73 Å². The highest BCUT2D eigenvalue weighted by Crippen LogP contribution is 2.22. The molecule has 1 atom stereocenters. The third-order valence-corrected chi connectivity index (χ3v) is 2.33. The molecule has 2 nitrogen and oxygen atoms in total.